The van der Waals surface area contributed by atoms with E-state index in [1.165, 1.54) is 6.33 Å². The third kappa shape index (κ3) is 2.94. The van der Waals surface area contributed by atoms with E-state index in [1.807, 2.05) is 38.1 Å². The number of fused-ring (bicyclic) bond motifs is 1. The van der Waals surface area contributed by atoms with Crippen LogP contribution in [-0.2, 0) is 13.0 Å². The van der Waals surface area contributed by atoms with Crippen LogP contribution in [0.4, 0.5) is 0 Å². The number of carbonyl (C=O) groups excluding carboxylic acids is 1. The second-order valence-corrected chi connectivity index (χ2v) is 6.96. The molecule has 3 aromatic heterocycles. The van der Waals surface area contributed by atoms with Crippen LogP contribution in [0.25, 0.3) is 11.1 Å². The molecule has 0 atom stereocenters. The van der Waals surface area contributed by atoms with E-state index in [0.717, 1.165) is 22.4 Å². The van der Waals surface area contributed by atoms with Gasteiger partial charge in [0.25, 0.3) is 0 Å². The lowest BCUT2D eigenvalue weighted by Crippen LogP contribution is -2.19. The third-order valence-corrected chi connectivity index (χ3v) is 4.51. The molecule has 6 heteroatoms. The van der Waals surface area contributed by atoms with Crippen molar-refractivity contribution in [1.82, 2.24) is 19.9 Å². The lowest BCUT2D eigenvalue weighted by atomic mass is 9.88. The van der Waals surface area contributed by atoms with Crippen molar-refractivity contribution >= 4 is 5.78 Å². The molecule has 0 N–H and O–H groups in total. The average molecular weight is 346 g/mol. The summed E-state index contributed by atoms with van der Waals surface area (Å²) in [6, 6.07) is 7.49. The van der Waals surface area contributed by atoms with Gasteiger partial charge in [-0.25, -0.2) is 15.0 Å². The van der Waals surface area contributed by atoms with Crippen LogP contribution in [0.15, 0.2) is 49.2 Å². The molecule has 6 nitrogen and oxygen atoms in total. The molecule has 0 radical (unpaired) electrons. The lowest BCUT2D eigenvalue weighted by Gasteiger charge is -2.13. The molecule has 0 fully saturated rings. The fourth-order valence-electron chi connectivity index (χ4n) is 3.16. The molecular weight excluding hydrogens is 328 g/mol. The van der Waals surface area contributed by atoms with Gasteiger partial charge >= 0.3 is 0 Å². The van der Waals surface area contributed by atoms with Crippen molar-refractivity contribution < 1.29 is 9.53 Å². The first-order valence-corrected chi connectivity index (χ1v) is 8.41. The quantitative estimate of drug-likeness (QED) is 0.721. The van der Waals surface area contributed by atoms with Crippen molar-refractivity contribution in [3.63, 3.8) is 0 Å². The van der Waals surface area contributed by atoms with Gasteiger partial charge in [0.05, 0.1) is 5.69 Å². The smallest absolute Gasteiger partial charge is 0.214 e. The van der Waals surface area contributed by atoms with Gasteiger partial charge in [-0.15, -0.1) is 0 Å². The van der Waals surface area contributed by atoms with Crippen molar-refractivity contribution in [3.8, 4) is 17.0 Å². The number of ketones is 1. The summed E-state index contributed by atoms with van der Waals surface area (Å²) in [6.07, 6.45) is 7.31. The zero-order valence-corrected chi connectivity index (χ0v) is 14.6. The Hall–Kier alpha value is -3.15. The molecule has 0 aromatic carbocycles. The van der Waals surface area contributed by atoms with Gasteiger partial charge in [-0.3, -0.25) is 9.78 Å². The molecule has 0 saturated heterocycles. The topological polar surface area (TPSA) is 77.9 Å². The number of carbonyl (C=O) groups is 1. The Balaban J connectivity index is 1.75. The summed E-state index contributed by atoms with van der Waals surface area (Å²) in [4.78, 5) is 29.7. The number of hydrogen-bond acceptors (Lipinski definition) is 6. The van der Waals surface area contributed by atoms with Crippen molar-refractivity contribution in [2.45, 2.75) is 26.9 Å². The summed E-state index contributed by atoms with van der Waals surface area (Å²) in [5.41, 5.74) is 3.47. The monoisotopic (exact) mass is 346 g/mol. The Kier molecular flexibility index (Phi) is 3.95. The fourth-order valence-corrected chi connectivity index (χ4v) is 3.16. The van der Waals surface area contributed by atoms with Gasteiger partial charge in [0.2, 0.25) is 5.88 Å². The molecule has 0 aliphatic heterocycles. The summed E-state index contributed by atoms with van der Waals surface area (Å²) < 4.78 is 5.83. The Morgan fingerprint density at radius 1 is 1.19 bits per heavy atom. The first-order chi connectivity index (χ1) is 12.5. The summed E-state index contributed by atoms with van der Waals surface area (Å²) in [5.74, 6) is 0.438. The molecule has 1 aliphatic rings. The Morgan fingerprint density at radius 2 is 2.00 bits per heavy atom. The first kappa shape index (κ1) is 16.3. The van der Waals surface area contributed by atoms with Gasteiger partial charge in [-0.2, -0.15) is 0 Å². The summed E-state index contributed by atoms with van der Waals surface area (Å²) in [7, 11) is 0. The van der Waals surface area contributed by atoms with Crippen LogP contribution in [0.3, 0.4) is 0 Å². The van der Waals surface area contributed by atoms with E-state index in [0.29, 0.717) is 18.0 Å². The predicted octanol–water partition coefficient (Wildman–Crippen LogP) is 3.28. The summed E-state index contributed by atoms with van der Waals surface area (Å²) in [6.45, 7) is 4.17. The minimum atomic E-state index is -0.473. The van der Waals surface area contributed by atoms with E-state index in [9.17, 15) is 4.79 Å². The molecule has 0 bridgehead atoms. The molecule has 0 saturated carbocycles. The molecule has 3 aromatic rings. The largest absolute Gasteiger partial charge is 0.471 e. The van der Waals surface area contributed by atoms with Crippen LogP contribution >= 0.6 is 0 Å². The van der Waals surface area contributed by atoms with E-state index < -0.39 is 5.41 Å². The normalized spacial score (nSPS) is 14.9. The van der Waals surface area contributed by atoms with Crippen LogP contribution in [0.1, 0.15) is 35.6 Å². The van der Waals surface area contributed by atoms with Crippen molar-refractivity contribution in [2.24, 2.45) is 5.41 Å². The second-order valence-electron chi connectivity index (χ2n) is 6.96. The van der Waals surface area contributed by atoms with Gasteiger partial charge in [0, 0.05) is 35.6 Å². The zero-order valence-electron chi connectivity index (χ0n) is 14.6. The number of hydrogen-bond donors (Lipinski definition) is 0. The van der Waals surface area contributed by atoms with E-state index in [1.54, 1.807) is 18.6 Å². The Labute approximate surface area is 151 Å². The molecule has 0 spiro atoms. The molecule has 4 rings (SSSR count). The van der Waals surface area contributed by atoms with E-state index in [2.05, 4.69) is 19.9 Å². The molecule has 1 aliphatic carbocycles. The van der Waals surface area contributed by atoms with Gasteiger partial charge in [-0.1, -0.05) is 19.9 Å². The van der Waals surface area contributed by atoms with Crippen molar-refractivity contribution in [2.75, 3.05) is 0 Å². The lowest BCUT2D eigenvalue weighted by molar-refractivity contribution is 0.0858. The van der Waals surface area contributed by atoms with Gasteiger partial charge in [-0.05, 0) is 29.7 Å². The number of nitrogens with zero attached hydrogens (tertiary/aromatic N) is 4. The second kappa shape index (κ2) is 6.29. The number of Topliss-reactive ketones (excluding diaryl/α,β-unsaturated/α-hetero) is 1. The van der Waals surface area contributed by atoms with Crippen molar-refractivity contribution in [3.05, 3.63) is 66.1 Å². The Morgan fingerprint density at radius 3 is 2.73 bits per heavy atom. The SMILES string of the molecule is CC1(C)Cc2c(-c3cncnc3)cc(OCc3ccccn3)nc2C1=O. The van der Waals surface area contributed by atoms with Crippen LogP contribution in [-0.4, -0.2) is 25.7 Å². The first-order valence-electron chi connectivity index (χ1n) is 8.41. The molecule has 0 unspecified atom stereocenters. The molecular formula is C20H18N4O2. The number of pyridine rings is 2. The average Bonchev–Trinajstić information content (AvgIpc) is 2.90. The van der Waals surface area contributed by atoms with Crippen LogP contribution < -0.4 is 4.74 Å². The maximum absolute atomic E-state index is 12.8. The molecule has 0 amide bonds. The standard InChI is InChI=1S/C20H18N4O2/c1-20(2)8-16-15(13-9-21-12-22-10-13)7-17(24-18(16)19(20)25)26-11-14-5-3-4-6-23-14/h3-7,9-10,12H,8,11H2,1-2H3. The minimum absolute atomic E-state index is 0.0360. The van der Waals surface area contributed by atoms with Gasteiger partial charge in [0.1, 0.15) is 18.6 Å². The molecule has 3 heterocycles. The fraction of sp³-hybridized carbons (Fsp3) is 0.250. The highest BCUT2D eigenvalue weighted by molar-refractivity contribution is 6.04. The highest BCUT2D eigenvalue weighted by Crippen LogP contribution is 2.41. The highest BCUT2D eigenvalue weighted by Gasteiger charge is 2.40. The van der Waals surface area contributed by atoms with E-state index in [-0.39, 0.29) is 12.4 Å². The predicted molar refractivity (Wildman–Crippen MR) is 95.6 cm³/mol. The maximum Gasteiger partial charge on any atom is 0.214 e. The van der Waals surface area contributed by atoms with Gasteiger partial charge in [0.15, 0.2) is 5.78 Å². The van der Waals surface area contributed by atoms with Crippen molar-refractivity contribution in [1.29, 1.82) is 0 Å². The molecule has 130 valence electrons. The van der Waals surface area contributed by atoms with Crippen LogP contribution in [0.2, 0.25) is 0 Å². The number of aromatic nitrogens is 4. The molecule has 26 heavy (non-hydrogen) atoms. The Bertz CT molecular complexity index is 956. The highest BCUT2D eigenvalue weighted by atomic mass is 16.5. The van der Waals surface area contributed by atoms with Gasteiger partial charge < -0.3 is 4.74 Å². The summed E-state index contributed by atoms with van der Waals surface area (Å²) in [5, 5.41) is 0. The van der Waals surface area contributed by atoms with Crippen LogP contribution in [0, 0.1) is 5.41 Å². The number of rotatable bonds is 4. The number of ether oxygens (including phenoxy) is 1. The zero-order chi connectivity index (χ0) is 18.1. The van der Waals surface area contributed by atoms with E-state index >= 15 is 0 Å². The van der Waals surface area contributed by atoms with Crippen LogP contribution in [0.5, 0.6) is 5.88 Å². The third-order valence-electron chi connectivity index (χ3n) is 4.51. The summed E-state index contributed by atoms with van der Waals surface area (Å²) >= 11 is 0. The maximum atomic E-state index is 12.8. The minimum Gasteiger partial charge on any atom is -0.471 e. The van der Waals surface area contributed by atoms with E-state index in [4.69, 9.17) is 4.74 Å².